The Labute approximate surface area is 386 Å². The molecule has 11 heteroatoms. The number of nitrogens with zero attached hydrogens (tertiary/aromatic N) is 3. The van der Waals surface area contributed by atoms with Crippen LogP contribution in [0.3, 0.4) is 0 Å². The molecule has 1 aromatic rings. The van der Waals surface area contributed by atoms with Crippen LogP contribution in [0, 0.1) is 0 Å². The van der Waals surface area contributed by atoms with Gasteiger partial charge in [0.15, 0.2) is 6.29 Å². The number of unbranched alkanes of at least 4 members (excludes halogenated alkanes) is 34. The standard InChI is InChI=1S/C52H102N4O7/c1-3-5-7-9-11-13-15-17-18-19-20-21-22-23-24-25-26-27-28-30-32-34-36-38-40-53-45(48(58)46(57)39-37-35-33-31-29-16-14-12-10-8-6-4-2)44-62-52-51(61)50(60)49(59)47(63-52)43-56-42-41-54-55-56/h41-42,45-53,57-61H,3-40,43-44H2,1-2H3/t45-,46+,47+,48-,49-,50-,51+,52-/m0/s1. The van der Waals surface area contributed by atoms with E-state index in [9.17, 15) is 25.5 Å². The predicted octanol–water partition coefficient (Wildman–Crippen LogP) is 11.3. The number of rotatable bonds is 46. The van der Waals surface area contributed by atoms with E-state index >= 15 is 0 Å². The van der Waals surface area contributed by atoms with Gasteiger partial charge in [-0.05, 0) is 19.4 Å². The highest BCUT2D eigenvalue weighted by Crippen LogP contribution is 2.24. The molecular formula is C52H102N4O7. The van der Waals surface area contributed by atoms with E-state index in [0.29, 0.717) is 13.0 Å². The number of aromatic nitrogens is 3. The third-order valence-corrected chi connectivity index (χ3v) is 13.5. The van der Waals surface area contributed by atoms with E-state index in [4.69, 9.17) is 9.47 Å². The molecule has 11 nitrogen and oxygen atoms in total. The van der Waals surface area contributed by atoms with E-state index in [2.05, 4.69) is 29.5 Å². The maximum absolute atomic E-state index is 11.4. The Kier molecular flexibility index (Phi) is 37.8. The minimum absolute atomic E-state index is 0.0450. The molecule has 0 aromatic carbocycles. The average Bonchev–Trinajstić information content (AvgIpc) is 3.81. The lowest BCUT2D eigenvalue weighted by atomic mass is 9.98. The molecule has 2 heterocycles. The van der Waals surface area contributed by atoms with Gasteiger partial charge in [-0.3, -0.25) is 0 Å². The first kappa shape index (κ1) is 57.9. The summed E-state index contributed by atoms with van der Waals surface area (Å²) in [6.07, 6.45) is 42.6. The van der Waals surface area contributed by atoms with Crippen LogP contribution < -0.4 is 5.32 Å². The molecule has 0 unspecified atom stereocenters. The van der Waals surface area contributed by atoms with E-state index in [0.717, 1.165) is 32.1 Å². The Morgan fingerprint density at radius 2 is 0.937 bits per heavy atom. The number of nitrogens with one attached hydrogen (secondary N) is 1. The third kappa shape index (κ3) is 30.0. The zero-order chi connectivity index (χ0) is 45.4. The SMILES string of the molecule is CCCCCCCCCCCCCCCCCCCCCCCCCCN[C@@H](CO[C@H]1O[C@H](Cn2ccnn2)[C@H](O)[C@H](O)[C@H]1O)[C@H](O)[C@H](O)CCCCCCCCCCCCCC. The Morgan fingerprint density at radius 3 is 1.33 bits per heavy atom. The van der Waals surface area contributed by atoms with Gasteiger partial charge in [-0.15, -0.1) is 5.10 Å². The predicted molar refractivity (Wildman–Crippen MR) is 259 cm³/mol. The van der Waals surface area contributed by atoms with Crippen LogP contribution in [0.25, 0.3) is 0 Å². The van der Waals surface area contributed by atoms with Gasteiger partial charge in [-0.1, -0.05) is 244 Å². The van der Waals surface area contributed by atoms with Crippen molar-refractivity contribution < 1.29 is 35.0 Å². The Hall–Kier alpha value is -1.18. The first-order valence-corrected chi connectivity index (χ1v) is 27.1. The van der Waals surface area contributed by atoms with Gasteiger partial charge in [0.1, 0.15) is 24.4 Å². The van der Waals surface area contributed by atoms with Crippen molar-refractivity contribution in [2.75, 3.05) is 13.2 Å². The number of aliphatic hydroxyl groups is 5. The largest absolute Gasteiger partial charge is 0.390 e. The van der Waals surface area contributed by atoms with Crippen LogP contribution in [-0.4, -0.2) is 103 Å². The van der Waals surface area contributed by atoms with E-state index < -0.39 is 49.0 Å². The molecule has 1 fully saturated rings. The molecule has 2 rings (SSSR count). The number of ether oxygens (including phenoxy) is 2. The molecule has 0 saturated carbocycles. The third-order valence-electron chi connectivity index (χ3n) is 13.5. The minimum atomic E-state index is -1.48. The fourth-order valence-electron chi connectivity index (χ4n) is 9.20. The summed E-state index contributed by atoms with van der Waals surface area (Å²) in [4.78, 5) is 0. The highest BCUT2D eigenvalue weighted by Gasteiger charge is 2.45. The molecule has 0 radical (unpaired) electrons. The maximum atomic E-state index is 11.4. The summed E-state index contributed by atoms with van der Waals surface area (Å²) < 4.78 is 13.4. The summed E-state index contributed by atoms with van der Waals surface area (Å²) >= 11 is 0. The molecule has 1 aliphatic heterocycles. The molecule has 0 spiro atoms. The monoisotopic (exact) mass is 895 g/mol. The van der Waals surface area contributed by atoms with Crippen molar-refractivity contribution in [1.82, 2.24) is 20.3 Å². The van der Waals surface area contributed by atoms with Crippen molar-refractivity contribution in [2.24, 2.45) is 0 Å². The first-order valence-electron chi connectivity index (χ1n) is 27.1. The van der Waals surface area contributed by atoms with Crippen molar-refractivity contribution in [3.63, 3.8) is 0 Å². The van der Waals surface area contributed by atoms with Crippen LogP contribution in [0.5, 0.6) is 0 Å². The Bertz CT molecular complexity index is 1090. The number of aliphatic hydroxyl groups excluding tert-OH is 5. The topological polar surface area (TPSA) is 162 Å². The van der Waals surface area contributed by atoms with E-state index in [1.165, 1.54) is 210 Å². The quantitative estimate of drug-likeness (QED) is 0.0347. The summed E-state index contributed by atoms with van der Waals surface area (Å²) in [5, 5.41) is 65.5. The molecule has 1 saturated heterocycles. The fraction of sp³-hybridized carbons (Fsp3) is 0.962. The second-order valence-corrected chi connectivity index (χ2v) is 19.4. The van der Waals surface area contributed by atoms with Gasteiger partial charge < -0.3 is 40.3 Å². The lowest BCUT2D eigenvalue weighted by Crippen LogP contribution is -2.60. The van der Waals surface area contributed by atoms with Gasteiger partial charge in [-0.2, -0.15) is 0 Å². The van der Waals surface area contributed by atoms with Gasteiger partial charge >= 0.3 is 0 Å². The fourth-order valence-corrected chi connectivity index (χ4v) is 9.20. The molecule has 0 amide bonds. The van der Waals surface area contributed by atoms with Crippen molar-refractivity contribution >= 4 is 0 Å². The highest BCUT2D eigenvalue weighted by molar-refractivity contribution is 4.90. The summed E-state index contributed by atoms with van der Waals surface area (Å²) in [6.45, 7) is 5.29. The molecule has 1 aromatic heterocycles. The van der Waals surface area contributed by atoms with Crippen LogP contribution in [0.1, 0.15) is 251 Å². The van der Waals surface area contributed by atoms with Crippen LogP contribution in [0.2, 0.25) is 0 Å². The highest BCUT2D eigenvalue weighted by atomic mass is 16.7. The van der Waals surface area contributed by atoms with E-state index in [1.54, 1.807) is 6.20 Å². The van der Waals surface area contributed by atoms with Crippen LogP contribution in [-0.2, 0) is 16.0 Å². The summed E-state index contributed by atoms with van der Waals surface area (Å²) in [5.74, 6) is 0. The van der Waals surface area contributed by atoms with Gasteiger partial charge in [0.25, 0.3) is 0 Å². The number of hydrogen-bond donors (Lipinski definition) is 6. The lowest BCUT2D eigenvalue weighted by molar-refractivity contribution is -0.301. The Morgan fingerprint density at radius 1 is 0.540 bits per heavy atom. The summed E-state index contributed by atoms with van der Waals surface area (Å²) in [6, 6.07) is -0.601. The van der Waals surface area contributed by atoms with Crippen LogP contribution in [0.15, 0.2) is 12.4 Å². The second kappa shape index (κ2) is 41.0. The smallest absolute Gasteiger partial charge is 0.186 e. The van der Waals surface area contributed by atoms with Crippen molar-refractivity contribution in [3.05, 3.63) is 12.4 Å². The van der Waals surface area contributed by atoms with Crippen molar-refractivity contribution in [2.45, 2.75) is 307 Å². The molecule has 63 heavy (non-hydrogen) atoms. The lowest BCUT2D eigenvalue weighted by Gasteiger charge is -2.41. The molecule has 0 aliphatic carbocycles. The van der Waals surface area contributed by atoms with Gasteiger partial charge in [0.2, 0.25) is 0 Å². The number of hydrogen-bond acceptors (Lipinski definition) is 10. The van der Waals surface area contributed by atoms with E-state index in [-0.39, 0.29) is 13.2 Å². The van der Waals surface area contributed by atoms with Crippen molar-refractivity contribution in [3.8, 4) is 0 Å². The first-order chi connectivity index (χ1) is 30.9. The van der Waals surface area contributed by atoms with Gasteiger partial charge in [0, 0.05) is 6.20 Å². The summed E-state index contributed by atoms with van der Waals surface area (Å²) in [7, 11) is 0. The van der Waals surface area contributed by atoms with Crippen LogP contribution >= 0.6 is 0 Å². The molecule has 6 N–H and O–H groups in total. The molecular weight excluding hydrogens is 793 g/mol. The van der Waals surface area contributed by atoms with Gasteiger partial charge in [-0.25, -0.2) is 4.68 Å². The molecule has 8 atom stereocenters. The maximum Gasteiger partial charge on any atom is 0.186 e. The van der Waals surface area contributed by atoms with E-state index in [1.807, 2.05) is 0 Å². The second-order valence-electron chi connectivity index (χ2n) is 19.4. The molecule has 1 aliphatic rings. The van der Waals surface area contributed by atoms with Crippen molar-refractivity contribution in [1.29, 1.82) is 0 Å². The summed E-state index contributed by atoms with van der Waals surface area (Å²) in [5.41, 5.74) is 0. The zero-order valence-electron chi connectivity index (χ0n) is 41.0. The molecule has 0 bridgehead atoms. The zero-order valence-corrected chi connectivity index (χ0v) is 41.0. The van der Waals surface area contributed by atoms with Crippen LogP contribution in [0.4, 0.5) is 0 Å². The molecule has 372 valence electrons. The minimum Gasteiger partial charge on any atom is -0.390 e. The van der Waals surface area contributed by atoms with Gasteiger partial charge in [0.05, 0.1) is 37.6 Å². The average molecular weight is 895 g/mol. The Balaban J connectivity index is 1.60. The normalized spacial score (nSPS) is 20.7.